The maximum absolute atomic E-state index is 12.5. The zero-order valence-electron chi connectivity index (χ0n) is 14.7. The smallest absolute Gasteiger partial charge is 0.410 e. The second-order valence-corrected chi connectivity index (χ2v) is 8.42. The Labute approximate surface area is 128 Å². The summed E-state index contributed by atoms with van der Waals surface area (Å²) in [5.74, 6) is 0.122. The lowest BCUT2D eigenvalue weighted by Crippen LogP contribution is -2.64. The first-order chi connectivity index (χ1) is 9.24. The van der Waals surface area contributed by atoms with Crippen molar-refractivity contribution >= 4 is 12.0 Å². The lowest BCUT2D eigenvalue weighted by molar-refractivity contribution is -0.149. The van der Waals surface area contributed by atoms with E-state index in [2.05, 4.69) is 0 Å². The molecular weight excluding hydrogens is 268 g/mol. The Morgan fingerprint density at radius 2 is 1.52 bits per heavy atom. The van der Waals surface area contributed by atoms with Crippen molar-refractivity contribution in [2.75, 3.05) is 19.6 Å². The van der Waals surface area contributed by atoms with Gasteiger partial charge in [-0.05, 0) is 34.6 Å². The Bertz CT molecular complexity index is 416. The zero-order valence-corrected chi connectivity index (χ0v) is 14.7. The molecule has 1 aliphatic rings. The molecule has 2 amide bonds. The first kappa shape index (κ1) is 17.8. The summed E-state index contributed by atoms with van der Waals surface area (Å²) in [4.78, 5) is 28.3. The maximum atomic E-state index is 12.5. The van der Waals surface area contributed by atoms with Gasteiger partial charge in [0.05, 0.1) is 5.54 Å². The van der Waals surface area contributed by atoms with Crippen LogP contribution in [0.1, 0.15) is 55.4 Å². The van der Waals surface area contributed by atoms with Crippen LogP contribution >= 0.6 is 0 Å². The number of ether oxygens (including phenoxy) is 1. The third-order valence-corrected chi connectivity index (χ3v) is 3.44. The maximum Gasteiger partial charge on any atom is 0.410 e. The van der Waals surface area contributed by atoms with E-state index in [9.17, 15) is 9.59 Å². The van der Waals surface area contributed by atoms with Crippen LogP contribution in [0.25, 0.3) is 0 Å². The van der Waals surface area contributed by atoms with Gasteiger partial charge in [0.15, 0.2) is 0 Å². The molecule has 0 aromatic rings. The molecule has 1 fully saturated rings. The summed E-state index contributed by atoms with van der Waals surface area (Å²) in [5, 5.41) is 0. The van der Waals surface area contributed by atoms with E-state index in [1.807, 2.05) is 60.3 Å². The molecule has 0 unspecified atom stereocenters. The minimum absolute atomic E-state index is 0.122. The van der Waals surface area contributed by atoms with Crippen molar-refractivity contribution in [2.45, 2.75) is 66.5 Å². The molecule has 0 saturated carbocycles. The molecule has 0 bridgehead atoms. The van der Waals surface area contributed by atoms with Crippen molar-refractivity contribution in [3.05, 3.63) is 0 Å². The Hall–Kier alpha value is -1.26. The molecule has 122 valence electrons. The summed E-state index contributed by atoms with van der Waals surface area (Å²) in [5.41, 5.74) is -1.30. The van der Waals surface area contributed by atoms with Crippen LogP contribution in [0.3, 0.4) is 0 Å². The highest BCUT2D eigenvalue weighted by atomic mass is 16.6. The number of piperazine rings is 1. The molecule has 0 aromatic heterocycles. The quantitative estimate of drug-likeness (QED) is 0.691. The summed E-state index contributed by atoms with van der Waals surface area (Å²) in [6.45, 7) is 16.9. The minimum Gasteiger partial charge on any atom is -0.444 e. The van der Waals surface area contributed by atoms with E-state index in [4.69, 9.17) is 4.74 Å². The van der Waals surface area contributed by atoms with Crippen molar-refractivity contribution in [2.24, 2.45) is 5.41 Å². The Kier molecular flexibility index (Phi) is 4.66. The van der Waals surface area contributed by atoms with E-state index in [0.29, 0.717) is 19.6 Å². The topological polar surface area (TPSA) is 49.9 Å². The third-order valence-electron chi connectivity index (χ3n) is 3.44. The van der Waals surface area contributed by atoms with E-state index in [1.165, 1.54) is 0 Å². The molecule has 0 atom stereocenters. The lowest BCUT2D eigenvalue weighted by Gasteiger charge is -2.48. The van der Waals surface area contributed by atoms with Crippen molar-refractivity contribution in [1.29, 1.82) is 0 Å². The Morgan fingerprint density at radius 3 is 1.90 bits per heavy atom. The van der Waals surface area contributed by atoms with Crippen LogP contribution in [0.4, 0.5) is 4.79 Å². The van der Waals surface area contributed by atoms with Crippen molar-refractivity contribution < 1.29 is 14.3 Å². The molecule has 21 heavy (non-hydrogen) atoms. The van der Waals surface area contributed by atoms with E-state index >= 15 is 0 Å². The fourth-order valence-electron chi connectivity index (χ4n) is 2.42. The second-order valence-electron chi connectivity index (χ2n) is 8.42. The van der Waals surface area contributed by atoms with Gasteiger partial charge in [-0.15, -0.1) is 0 Å². The van der Waals surface area contributed by atoms with E-state index < -0.39 is 11.0 Å². The third kappa shape index (κ3) is 4.61. The summed E-state index contributed by atoms with van der Waals surface area (Å²) >= 11 is 0. The monoisotopic (exact) mass is 298 g/mol. The number of nitrogens with zero attached hydrogens (tertiary/aromatic N) is 2. The highest BCUT2D eigenvalue weighted by Crippen LogP contribution is 2.28. The van der Waals surface area contributed by atoms with E-state index in [-0.39, 0.29) is 17.5 Å². The Balaban J connectivity index is 2.80. The van der Waals surface area contributed by atoms with Crippen molar-refractivity contribution in [1.82, 2.24) is 9.80 Å². The molecule has 5 heteroatoms. The highest BCUT2D eigenvalue weighted by Gasteiger charge is 2.42. The highest BCUT2D eigenvalue weighted by molar-refractivity contribution is 5.82. The van der Waals surface area contributed by atoms with Gasteiger partial charge in [0.2, 0.25) is 5.91 Å². The molecule has 0 aromatic carbocycles. The van der Waals surface area contributed by atoms with E-state index in [1.54, 1.807) is 4.90 Å². The largest absolute Gasteiger partial charge is 0.444 e. The predicted octanol–water partition coefficient (Wildman–Crippen LogP) is 2.89. The SMILES string of the molecule is CC(C)(C)OC(=O)N1CCN(C(=O)C(C)(C)C)C(C)(C)C1. The van der Waals surface area contributed by atoms with Crippen LogP contribution in [-0.4, -0.2) is 52.6 Å². The number of rotatable bonds is 0. The van der Waals surface area contributed by atoms with Gasteiger partial charge in [0.1, 0.15) is 5.60 Å². The van der Waals surface area contributed by atoms with Crippen LogP contribution in [0, 0.1) is 5.41 Å². The summed E-state index contributed by atoms with van der Waals surface area (Å²) in [7, 11) is 0. The van der Waals surface area contributed by atoms with Crippen LogP contribution in [-0.2, 0) is 9.53 Å². The molecule has 5 nitrogen and oxygen atoms in total. The number of hydrogen-bond donors (Lipinski definition) is 0. The molecule has 0 spiro atoms. The van der Waals surface area contributed by atoms with Crippen molar-refractivity contribution in [3.63, 3.8) is 0 Å². The molecule has 0 aliphatic carbocycles. The first-order valence-corrected chi connectivity index (χ1v) is 7.54. The standard InChI is InChI=1S/C16H30N2O3/c1-14(2,3)12(19)18-10-9-17(11-16(18,7)8)13(20)21-15(4,5)6/h9-11H2,1-8H3. The molecule has 1 rings (SSSR count). The molecule has 0 radical (unpaired) electrons. The fourth-order valence-corrected chi connectivity index (χ4v) is 2.42. The van der Waals surface area contributed by atoms with Crippen LogP contribution in [0.5, 0.6) is 0 Å². The molecule has 0 N–H and O–H groups in total. The summed E-state index contributed by atoms with van der Waals surface area (Å²) in [6.07, 6.45) is -0.307. The molecule has 1 saturated heterocycles. The first-order valence-electron chi connectivity index (χ1n) is 7.54. The second kappa shape index (κ2) is 5.50. The van der Waals surface area contributed by atoms with Crippen LogP contribution in [0.15, 0.2) is 0 Å². The fraction of sp³-hybridized carbons (Fsp3) is 0.875. The number of carbonyl (C=O) groups excluding carboxylic acids is 2. The average Bonchev–Trinajstić information content (AvgIpc) is 2.23. The normalized spacial score (nSPS) is 19.4. The van der Waals surface area contributed by atoms with Gasteiger partial charge in [-0.3, -0.25) is 4.79 Å². The van der Waals surface area contributed by atoms with Gasteiger partial charge in [0.25, 0.3) is 0 Å². The summed E-state index contributed by atoms with van der Waals surface area (Å²) in [6, 6.07) is 0. The van der Waals surface area contributed by atoms with Gasteiger partial charge in [-0.1, -0.05) is 20.8 Å². The van der Waals surface area contributed by atoms with Gasteiger partial charge in [0, 0.05) is 25.0 Å². The van der Waals surface area contributed by atoms with Crippen LogP contribution < -0.4 is 0 Å². The molecule has 1 aliphatic heterocycles. The molecule has 1 heterocycles. The molecular formula is C16H30N2O3. The number of amides is 2. The average molecular weight is 298 g/mol. The van der Waals surface area contributed by atoms with Crippen LogP contribution in [0.2, 0.25) is 0 Å². The summed E-state index contributed by atoms with van der Waals surface area (Å²) < 4.78 is 5.42. The van der Waals surface area contributed by atoms with Gasteiger partial charge in [-0.25, -0.2) is 4.79 Å². The van der Waals surface area contributed by atoms with Gasteiger partial charge >= 0.3 is 6.09 Å². The number of carbonyl (C=O) groups is 2. The van der Waals surface area contributed by atoms with Gasteiger partial charge < -0.3 is 14.5 Å². The zero-order chi connectivity index (χ0) is 16.6. The van der Waals surface area contributed by atoms with E-state index in [0.717, 1.165) is 0 Å². The lowest BCUT2D eigenvalue weighted by atomic mass is 9.90. The predicted molar refractivity (Wildman–Crippen MR) is 83.1 cm³/mol. The Morgan fingerprint density at radius 1 is 1.00 bits per heavy atom. The van der Waals surface area contributed by atoms with Crippen molar-refractivity contribution in [3.8, 4) is 0 Å². The van der Waals surface area contributed by atoms with Gasteiger partial charge in [-0.2, -0.15) is 0 Å². The number of hydrogen-bond acceptors (Lipinski definition) is 3. The minimum atomic E-state index is -0.500.